The van der Waals surface area contributed by atoms with Gasteiger partial charge in [0.2, 0.25) is 15.9 Å². The van der Waals surface area contributed by atoms with E-state index in [1.807, 2.05) is 0 Å². The second-order valence-electron chi connectivity index (χ2n) is 5.52. The van der Waals surface area contributed by atoms with Gasteiger partial charge in [-0.3, -0.25) is 4.79 Å². The summed E-state index contributed by atoms with van der Waals surface area (Å²) in [5.41, 5.74) is 0.354. The van der Waals surface area contributed by atoms with Crippen LogP contribution in [0.2, 0.25) is 15.1 Å². The van der Waals surface area contributed by atoms with Gasteiger partial charge in [0.25, 0.3) is 0 Å². The van der Waals surface area contributed by atoms with Crippen LogP contribution in [0.5, 0.6) is 5.75 Å². The monoisotopic (exact) mass is 450 g/mol. The third-order valence-corrected chi connectivity index (χ3v) is 5.64. The van der Waals surface area contributed by atoms with E-state index in [1.165, 1.54) is 43.3 Å². The molecule has 0 aliphatic rings. The lowest BCUT2D eigenvalue weighted by atomic mass is 10.3. The van der Waals surface area contributed by atoms with Crippen molar-refractivity contribution in [1.29, 1.82) is 0 Å². The van der Waals surface area contributed by atoms with Crippen molar-refractivity contribution in [3.05, 3.63) is 51.5 Å². The molecule has 6 nitrogen and oxygen atoms in total. The Morgan fingerprint density at radius 1 is 1.11 bits per heavy atom. The first-order valence-corrected chi connectivity index (χ1v) is 10.5. The summed E-state index contributed by atoms with van der Waals surface area (Å²) in [6.45, 7) is 3.60. The Morgan fingerprint density at radius 2 is 1.74 bits per heavy atom. The lowest BCUT2D eigenvalue weighted by Crippen LogP contribution is -2.41. The second-order valence-corrected chi connectivity index (χ2v) is 8.51. The molecule has 0 unspecified atom stereocenters. The van der Waals surface area contributed by atoms with Gasteiger partial charge in [-0.15, -0.1) is 0 Å². The highest BCUT2D eigenvalue weighted by molar-refractivity contribution is 7.89. The molecule has 27 heavy (non-hydrogen) atoms. The summed E-state index contributed by atoms with van der Waals surface area (Å²) >= 11 is 17.8. The van der Waals surface area contributed by atoms with Crippen LogP contribution in [0.25, 0.3) is 0 Å². The third kappa shape index (κ3) is 5.99. The van der Waals surface area contributed by atoms with Crippen molar-refractivity contribution in [2.75, 3.05) is 11.9 Å². The molecule has 0 heterocycles. The van der Waals surface area contributed by atoms with E-state index in [0.717, 1.165) is 0 Å². The highest BCUT2D eigenvalue weighted by atomic mass is 35.5. The second kappa shape index (κ2) is 9.12. The molecule has 0 spiro atoms. The van der Waals surface area contributed by atoms with Gasteiger partial charge in [0, 0.05) is 15.7 Å². The average molecular weight is 452 g/mol. The number of hydrogen-bond donors (Lipinski definition) is 2. The van der Waals surface area contributed by atoms with Gasteiger partial charge in [-0.1, -0.05) is 34.8 Å². The standard InChI is InChI=1S/C17H17Cl3N2O4S/c1-3-26-16-5-4-14(9-15(16)20)27(24,25)22-10(2)17(23)21-13-7-11(18)6-12(19)8-13/h4-10,22H,3H2,1-2H3,(H,21,23)/t10-/m0/s1. The van der Waals surface area contributed by atoms with E-state index >= 15 is 0 Å². The number of amides is 1. The lowest BCUT2D eigenvalue weighted by Gasteiger charge is -2.15. The zero-order valence-corrected chi connectivity index (χ0v) is 17.5. The predicted molar refractivity (Wildman–Crippen MR) is 107 cm³/mol. The highest BCUT2D eigenvalue weighted by Gasteiger charge is 2.23. The van der Waals surface area contributed by atoms with Crippen molar-refractivity contribution in [3.63, 3.8) is 0 Å². The van der Waals surface area contributed by atoms with Crippen molar-refractivity contribution in [3.8, 4) is 5.75 Å². The molecule has 2 aromatic rings. The first-order valence-electron chi connectivity index (χ1n) is 7.84. The molecule has 0 saturated heterocycles. The molecule has 0 aliphatic carbocycles. The van der Waals surface area contributed by atoms with E-state index < -0.39 is 22.0 Å². The van der Waals surface area contributed by atoms with Crippen LogP contribution in [-0.2, 0) is 14.8 Å². The van der Waals surface area contributed by atoms with Crippen LogP contribution in [0.3, 0.4) is 0 Å². The summed E-state index contributed by atoms with van der Waals surface area (Å²) in [7, 11) is -3.97. The zero-order valence-electron chi connectivity index (χ0n) is 14.4. The number of halogens is 3. The summed E-state index contributed by atoms with van der Waals surface area (Å²) in [6.07, 6.45) is 0. The normalized spacial score (nSPS) is 12.5. The minimum atomic E-state index is -3.97. The summed E-state index contributed by atoms with van der Waals surface area (Å²) in [5.74, 6) is -0.198. The predicted octanol–water partition coefficient (Wildman–Crippen LogP) is 4.35. The van der Waals surface area contributed by atoms with Crippen molar-refractivity contribution < 1.29 is 17.9 Å². The van der Waals surface area contributed by atoms with Gasteiger partial charge in [-0.25, -0.2) is 8.42 Å². The maximum absolute atomic E-state index is 12.5. The quantitative estimate of drug-likeness (QED) is 0.655. The smallest absolute Gasteiger partial charge is 0.242 e. The minimum absolute atomic E-state index is 0.0820. The number of ether oxygens (including phenoxy) is 1. The highest BCUT2D eigenvalue weighted by Crippen LogP contribution is 2.27. The Kier molecular flexibility index (Phi) is 7.36. The Morgan fingerprint density at radius 3 is 2.30 bits per heavy atom. The summed E-state index contributed by atoms with van der Waals surface area (Å²) in [5, 5.41) is 3.40. The largest absolute Gasteiger partial charge is 0.492 e. The molecule has 2 N–H and O–H groups in total. The minimum Gasteiger partial charge on any atom is -0.492 e. The first kappa shape index (κ1) is 21.8. The van der Waals surface area contributed by atoms with Crippen LogP contribution >= 0.6 is 34.8 Å². The zero-order chi connectivity index (χ0) is 20.2. The van der Waals surface area contributed by atoms with Crippen molar-refractivity contribution >= 4 is 56.4 Å². The lowest BCUT2D eigenvalue weighted by molar-refractivity contribution is -0.117. The molecule has 2 aromatic carbocycles. The molecule has 0 bridgehead atoms. The molecule has 0 aliphatic heterocycles. The first-order chi connectivity index (χ1) is 12.6. The SMILES string of the molecule is CCOc1ccc(S(=O)(=O)N[C@@H](C)C(=O)Nc2cc(Cl)cc(Cl)c2)cc1Cl. The van der Waals surface area contributed by atoms with E-state index in [1.54, 1.807) is 6.92 Å². The molecule has 0 fully saturated rings. The number of carbonyl (C=O) groups is 1. The molecule has 0 radical (unpaired) electrons. The Balaban J connectivity index is 2.12. The number of benzene rings is 2. The topological polar surface area (TPSA) is 84.5 Å². The fourth-order valence-electron chi connectivity index (χ4n) is 2.15. The third-order valence-electron chi connectivity index (χ3n) is 3.37. The molecular formula is C17H17Cl3N2O4S. The van der Waals surface area contributed by atoms with E-state index in [9.17, 15) is 13.2 Å². The van der Waals surface area contributed by atoms with Gasteiger partial charge in [0.05, 0.1) is 22.6 Å². The molecule has 0 saturated carbocycles. The van der Waals surface area contributed by atoms with Crippen LogP contribution in [-0.4, -0.2) is 27.0 Å². The maximum Gasteiger partial charge on any atom is 0.242 e. The van der Waals surface area contributed by atoms with E-state index in [4.69, 9.17) is 39.5 Å². The molecule has 146 valence electrons. The van der Waals surface area contributed by atoms with E-state index in [0.29, 0.717) is 28.1 Å². The number of carbonyl (C=O) groups excluding carboxylic acids is 1. The maximum atomic E-state index is 12.5. The molecule has 2 rings (SSSR count). The van der Waals surface area contributed by atoms with Crippen molar-refractivity contribution in [2.24, 2.45) is 0 Å². The van der Waals surface area contributed by atoms with Gasteiger partial charge in [-0.2, -0.15) is 4.72 Å². The summed E-state index contributed by atoms with van der Waals surface area (Å²) in [6, 6.07) is 7.52. The fraction of sp³-hybridized carbons (Fsp3) is 0.235. The molecule has 1 atom stereocenters. The van der Waals surface area contributed by atoms with Crippen molar-refractivity contribution in [1.82, 2.24) is 4.72 Å². The summed E-state index contributed by atoms with van der Waals surface area (Å²) < 4.78 is 32.6. The number of anilines is 1. The van der Waals surface area contributed by atoms with Gasteiger partial charge >= 0.3 is 0 Å². The van der Waals surface area contributed by atoms with Gasteiger partial charge in [0.1, 0.15) is 5.75 Å². The number of sulfonamides is 1. The molecule has 1 amide bonds. The number of hydrogen-bond acceptors (Lipinski definition) is 4. The van der Waals surface area contributed by atoms with Crippen LogP contribution in [0, 0.1) is 0 Å². The Labute approximate surface area is 172 Å². The molecule has 0 aromatic heterocycles. The van der Waals surface area contributed by atoms with Gasteiger partial charge in [0.15, 0.2) is 0 Å². The number of rotatable bonds is 7. The van der Waals surface area contributed by atoms with E-state index in [2.05, 4.69) is 10.0 Å². The van der Waals surface area contributed by atoms with Crippen LogP contribution in [0.4, 0.5) is 5.69 Å². The molecule has 10 heteroatoms. The van der Waals surface area contributed by atoms with E-state index in [-0.39, 0.29) is 9.92 Å². The Hall–Kier alpha value is -1.51. The summed E-state index contributed by atoms with van der Waals surface area (Å²) in [4.78, 5) is 12.2. The average Bonchev–Trinajstić information content (AvgIpc) is 2.55. The fourth-order valence-corrected chi connectivity index (χ4v) is 4.21. The van der Waals surface area contributed by atoms with Gasteiger partial charge in [-0.05, 0) is 50.2 Å². The number of nitrogens with one attached hydrogen (secondary N) is 2. The van der Waals surface area contributed by atoms with Crippen LogP contribution in [0.15, 0.2) is 41.3 Å². The van der Waals surface area contributed by atoms with Crippen LogP contribution < -0.4 is 14.8 Å². The van der Waals surface area contributed by atoms with Crippen LogP contribution in [0.1, 0.15) is 13.8 Å². The van der Waals surface area contributed by atoms with Gasteiger partial charge < -0.3 is 10.1 Å². The van der Waals surface area contributed by atoms with Crippen molar-refractivity contribution in [2.45, 2.75) is 24.8 Å². The molecular weight excluding hydrogens is 435 g/mol. The Bertz CT molecular complexity index is 931.